The fraction of sp³-hybridized carbons (Fsp3) is 0.381. The van der Waals surface area contributed by atoms with Crippen molar-refractivity contribution in [2.75, 3.05) is 13.7 Å². The summed E-state index contributed by atoms with van der Waals surface area (Å²) in [5.41, 5.74) is 2.20. The van der Waals surface area contributed by atoms with Crippen LogP contribution < -0.4 is 9.47 Å². The van der Waals surface area contributed by atoms with Crippen LogP contribution >= 0.6 is 0 Å². The lowest BCUT2D eigenvalue weighted by atomic mass is 10.1. The van der Waals surface area contributed by atoms with Crippen LogP contribution in [0.2, 0.25) is 0 Å². The lowest BCUT2D eigenvalue weighted by molar-refractivity contribution is -0.136. The molecule has 0 saturated carbocycles. The van der Waals surface area contributed by atoms with Gasteiger partial charge in [0.1, 0.15) is 0 Å². The van der Waals surface area contributed by atoms with E-state index in [1.807, 2.05) is 60.4 Å². The summed E-state index contributed by atoms with van der Waals surface area (Å²) in [6.07, 6.45) is 0.895. The molecule has 0 saturated heterocycles. The molecule has 2 aromatic carbocycles. The first kappa shape index (κ1) is 18.8. The Labute approximate surface area is 150 Å². The van der Waals surface area contributed by atoms with Gasteiger partial charge in [-0.3, -0.25) is 4.79 Å². The van der Waals surface area contributed by atoms with E-state index in [0.717, 1.165) is 17.5 Å². The maximum Gasteiger partial charge on any atom is 0.261 e. The summed E-state index contributed by atoms with van der Waals surface area (Å²) in [6, 6.07) is 15.9. The Balaban J connectivity index is 2.07. The van der Waals surface area contributed by atoms with E-state index in [4.69, 9.17) is 9.47 Å². The van der Waals surface area contributed by atoms with Crippen LogP contribution in [0.3, 0.4) is 0 Å². The van der Waals surface area contributed by atoms with Crippen molar-refractivity contribution in [1.29, 1.82) is 0 Å². The second kappa shape index (κ2) is 9.11. The van der Waals surface area contributed by atoms with E-state index in [-0.39, 0.29) is 18.6 Å². The van der Waals surface area contributed by atoms with Crippen molar-refractivity contribution < 1.29 is 14.3 Å². The molecule has 4 heteroatoms. The van der Waals surface area contributed by atoms with E-state index in [2.05, 4.69) is 13.8 Å². The van der Waals surface area contributed by atoms with E-state index in [0.29, 0.717) is 18.0 Å². The number of carbonyl (C=O) groups is 1. The van der Waals surface area contributed by atoms with Crippen molar-refractivity contribution in [2.24, 2.45) is 0 Å². The van der Waals surface area contributed by atoms with Gasteiger partial charge in [0.15, 0.2) is 18.1 Å². The van der Waals surface area contributed by atoms with E-state index in [1.54, 1.807) is 7.11 Å². The lowest BCUT2D eigenvalue weighted by Crippen LogP contribution is -2.40. The van der Waals surface area contributed by atoms with Gasteiger partial charge >= 0.3 is 0 Å². The monoisotopic (exact) mass is 341 g/mol. The molecule has 0 N–H and O–H groups in total. The second-order valence-electron chi connectivity index (χ2n) is 6.21. The van der Waals surface area contributed by atoms with Crippen LogP contribution in [0.4, 0.5) is 0 Å². The van der Waals surface area contributed by atoms with Gasteiger partial charge in [0.2, 0.25) is 0 Å². The van der Waals surface area contributed by atoms with Crippen LogP contribution in [0, 0.1) is 6.92 Å². The Morgan fingerprint density at radius 1 is 1.12 bits per heavy atom. The molecule has 2 aromatic rings. The molecule has 0 spiro atoms. The smallest absolute Gasteiger partial charge is 0.261 e. The summed E-state index contributed by atoms with van der Waals surface area (Å²) in [5.74, 6) is 1.21. The number of carbonyl (C=O) groups excluding carboxylic acids is 1. The summed E-state index contributed by atoms with van der Waals surface area (Å²) in [6.45, 7) is 6.72. The van der Waals surface area contributed by atoms with E-state index >= 15 is 0 Å². The third-order valence-corrected chi connectivity index (χ3v) is 4.31. The van der Waals surface area contributed by atoms with Gasteiger partial charge in [0.25, 0.3) is 5.91 Å². The predicted octanol–water partition coefficient (Wildman–Crippen LogP) is 4.21. The van der Waals surface area contributed by atoms with Gasteiger partial charge < -0.3 is 14.4 Å². The van der Waals surface area contributed by atoms with Gasteiger partial charge in [0.05, 0.1) is 7.11 Å². The van der Waals surface area contributed by atoms with Crippen LogP contribution in [0.1, 0.15) is 31.4 Å². The zero-order valence-electron chi connectivity index (χ0n) is 15.5. The number of ether oxygens (including phenoxy) is 2. The predicted molar refractivity (Wildman–Crippen MR) is 100.0 cm³/mol. The zero-order valence-corrected chi connectivity index (χ0v) is 15.5. The Morgan fingerprint density at radius 3 is 2.48 bits per heavy atom. The molecule has 0 aliphatic rings. The number of hydrogen-bond acceptors (Lipinski definition) is 3. The number of hydrogen-bond donors (Lipinski definition) is 0. The summed E-state index contributed by atoms with van der Waals surface area (Å²) >= 11 is 0. The maximum atomic E-state index is 12.7. The van der Waals surface area contributed by atoms with Crippen molar-refractivity contribution in [1.82, 2.24) is 4.90 Å². The number of rotatable bonds is 8. The van der Waals surface area contributed by atoms with E-state index in [9.17, 15) is 4.79 Å². The molecule has 0 bridgehead atoms. The molecule has 134 valence electrons. The van der Waals surface area contributed by atoms with Gasteiger partial charge in [-0.25, -0.2) is 0 Å². The zero-order chi connectivity index (χ0) is 18.2. The molecule has 4 nitrogen and oxygen atoms in total. The Bertz CT molecular complexity index is 685. The maximum absolute atomic E-state index is 12.7. The van der Waals surface area contributed by atoms with Gasteiger partial charge in [-0.05, 0) is 43.5 Å². The molecule has 25 heavy (non-hydrogen) atoms. The fourth-order valence-electron chi connectivity index (χ4n) is 2.61. The number of aryl methyl sites for hydroxylation is 1. The number of nitrogens with zero attached hydrogens (tertiary/aromatic N) is 1. The van der Waals surface area contributed by atoms with Gasteiger partial charge in [-0.2, -0.15) is 0 Å². The lowest BCUT2D eigenvalue weighted by Gasteiger charge is -2.29. The van der Waals surface area contributed by atoms with Crippen molar-refractivity contribution in [3.8, 4) is 11.5 Å². The normalized spacial score (nSPS) is 11.7. The van der Waals surface area contributed by atoms with Crippen LogP contribution in [0.15, 0.2) is 48.5 Å². The molecule has 1 unspecified atom stereocenters. The molecule has 2 rings (SSSR count). The largest absolute Gasteiger partial charge is 0.493 e. The Morgan fingerprint density at radius 2 is 1.84 bits per heavy atom. The summed E-state index contributed by atoms with van der Waals surface area (Å²) in [4.78, 5) is 14.6. The number of benzene rings is 2. The van der Waals surface area contributed by atoms with Crippen molar-refractivity contribution in [3.63, 3.8) is 0 Å². The Kier molecular flexibility index (Phi) is 6.87. The molecule has 1 amide bonds. The van der Waals surface area contributed by atoms with Crippen molar-refractivity contribution >= 4 is 5.91 Å². The van der Waals surface area contributed by atoms with E-state index in [1.165, 1.54) is 0 Å². The third kappa shape index (κ3) is 5.24. The molecule has 0 aliphatic carbocycles. The quantitative estimate of drug-likeness (QED) is 0.722. The fourth-order valence-corrected chi connectivity index (χ4v) is 2.61. The standard InChI is InChI=1S/C21H27NO3/c1-5-17(3)22(14-18-9-7-6-8-10-18)21(23)15-25-19-12-11-16(2)13-20(19)24-4/h6-13,17H,5,14-15H2,1-4H3. The molecule has 0 aliphatic heterocycles. The average molecular weight is 341 g/mol. The highest BCUT2D eigenvalue weighted by Crippen LogP contribution is 2.27. The number of amides is 1. The van der Waals surface area contributed by atoms with Crippen LogP contribution in [-0.4, -0.2) is 30.6 Å². The topological polar surface area (TPSA) is 38.8 Å². The molecular weight excluding hydrogens is 314 g/mol. The van der Waals surface area contributed by atoms with Gasteiger partial charge in [0, 0.05) is 12.6 Å². The van der Waals surface area contributed by atoms with Gasteiger partial charge in [-0.15, -0.1) is 0 Å². The van der Waals surface area contributed by atoms with Crippen molar-refractivity contribution in [3.05, 3.63) is 59.7 Å². The highest BCUT2D eigenvalue weighted by atomic mass is 16.5. The third-order valence-electron chi connectivity index (χ3n) is 4.31. The first-order chi connectivity index (χ1) is 12.0. The molecule has 0 radical (unpaired) electrons. The molecule has 0 heterocycles. The summed E-state index contributed by atoms with van der Waals surface area (Å²) in [5, 5.41) is 0. The number of methoxy groups -OCH3 is 1. The first-order valence-corrected chi connectivity index (χ1v) is 8.66. The first-order valence-electron chi connectivity index (χ1n) is 8.66. The summed E-state index contributed by atoms with van der Waals surface area (Å²) < 4.78 is 11.1. The molecular formula is C21H27NO3. The molecule has 0 aromatic heterocycles. The second-order valence-corrected chi connectivity index (χ2v) is 6.21. The van der Waals surface area contributed by atoms with E-state index < -0.39 is 0 Å². The minimum Gasteiger partial charge on any atom is -0.493 e. The van der Waals surface area contributed by atoms with Crippen LogP contribution in [-0.2, 0) is 11.3 Å². The highest BCUT2D eigenvalue weighted by Gasteiger charge is 2.20. The SMILES string of the molecule is CCC(C)N(Cc1ccccc1)C(=O)COc1ccc(C)cc1OC. The average Bonchev–Trinajstić information content (AvgIpc) is 2.64. The summed E-state index contributed by atoms with van der Waals surface area (Å²) in [7, 11) is 1.60. The molecule has 1 atom stereocenters. The van der Waals surface area contributed by atoms with Crippen LogP contribution in [0.25, 0.3) is 0 Å². The Hall–Kier alpha value is -2.49. The van der Waals surface area contributed by atoms with Crippen LogP contribution in [0.5, 0.6) is 11.5 Å². The van der Waals surface area contributed by atoms with Gasteiger partial charge in [-0.1, -0.05) is 43.3 Å². The van der Waals surface area contributed by atoms with Crippen molar-refractivity contribution in [2.45, 2.75) is 39.8 Å². The minimum atomic E-state index is -0.0270. The highest BCUT2D eigenvalue weighted by molar-refractivity contribution is 5.78. The molecule has 0 fully saturated rings. The minimum absolute atomic E-state index is 0.00338.